The number of esters is 1. The monoisotopic (exact) mass is 458 g/mol. The SMILES string of the molecule is COC(=O)c1cc(OC)c(OC(F)F)cc1NC(=O)c1cccn(Cc2ccccc2)c1=O. The molecule has 0 fully saturated rings. The molecule has 0 radical (unpaired) electrons. The highest BCUT2D eigenvalue weighted by Gasteiger charge is 2.22. The Kier molecular flexibility index (Phi) is 7.39. The van der Waals surface area contributed by atoms with Gasteiger partial charge in [-0.1, -0.05) is 30.3 Å². The van der Waals surface area contributed by atoms with Crippen molar-refractivity contribution in [1.82, 2.24) is 4.57 Å². The Balaban J connectivity index is 1.97. The lowest BCUT2D eigenvalue weighted by atomic mass is 10.1. The number of alkyl halides is 2. The number of aromatic nitrogens is 1. The topological polar surface area (TPSA) is 95.9 Å². The first-order valence-corrected chi connectivity index (χ1v) is 9.64. The highest BCUT2D eigenvalue weighted by molar-refractivity contribution is 6.08. The summed E-state index contributed by atoms with van der Waals surface area (Å²) in [4.78, 5) is 37.9. The summed E-state index contributed by atoms with van der Waals surface area (Å²) in [5.74, 6) is -2.29. The Labute approximate surface area is 187 Å². The standard InChI is InChI=1S/C23H20F2N2O6/c1-31-18-11-16(22(30)32-2)17(12-19(18)33-23(24)25)26-20(28)15-9-6-10-27(21(15)29)13-14-7-4-3-5-8-14/h3-12,23H,13H2,1-2H3,(H,26,28). The fourth-order valence-corrected chi connectivity index (χ4v) is 3.09. The fraction of sp³-hybridized carbons (Fsp3) is 0.174. The Morgan fingerprint density at radius 3 is 2.36 bits per heavy atom. The number of hydrogen-bond donors (Lipinski definition) is 1. The van der Waals surface area contributed by atoms with E-state index in [4.69, 9.17) is 9.47 Å². The summed E-state index contributed by atoms with van der Waals surface area (Å²) >= 11 is 0. The maximum atomic E-state index is 12.9. The number of carbonyl (C=O) groups is 2. The van der Waals surface area contributed by atoms with Crippen LogP contribution < -0.4 is 20.3 Å². The molecule has 33 heavy (non-hydrogen) atoms. The summed E-state index contributed by atoms with van der Waals surface area (Å²) in [5, 5.41) is 2.41. The molecule has 0 aliphatic heterocycles. The van der Waals surface area contributed by atoms with E-state index in [0.717, 1.165) is 24.8 Å². The number of nitrogens with one attached hydrogen (secondary N) is 1. The van der Waals surface area contributed by atoms with Crippen molar-refractivity contribution in [1.29, 1.82) is 0 Å². The number of halogens is 2. The molecule has 0 unspecified atom stereocenters. The van der Waals surface area contributed by atoms with Crippen molar-refractivity contribution < 1.29 is 32.6 Å². The molecule has 0 saturated heterocycles. The molecule has 1 aromatic heterocycles. The number of hydrogen-bond acceptors (Lipinski definition) is 6. The molecular weight excluding hydrogens is 438 g/mol. The lowest BCUT2D eigenvalue weighted by molar-refractivity contribution is -0.0511. The van der Waals surface area contributed by atoms with Crippen molar-refractivity contribution >= 4 is 17.6 Å². The van der Waals surface area contributed by atoms with Gasteiger partial charge in [-0.25, -0.2) is 4.79 Å². The van der Waals surface area contributed by atoms with Gasteiger partial charge < -0.3 is 24.1 Å². The molecule has 0 aliphatic carbocycles. The molecule has 10 heteroatoms. The van der Waals surface area contributed by atoms with Gasteiger partial charge in [-0.05, 0) is 17.7 Å². The maximum Gasteiger partial charge on any atom is 0.387 e. The molecule has 0 saturated carbocycles. The second-order valence-electron chi connectivity index (χ2n) is 6.71. The third kappa shape index (κ3) is 5.53. The molecule has 3 rings (SSSR count). The average Bonchev–Trinajstić information content (AvgIpc) is 2.80. The van der Waals surface area contributed by atoms with Crippen molar-refractivity contribution in [2.45, 2.75) is 13.2 Å². The van der Waals surface area contributed by atoms with Gasteiger partial charge in [0, 0.05) is 18.3 Å². The van der Waals surface area contributed by atoms with Crippen LogP contribution in [0.1, 0.15) is 26.3 Å². The van der Waals surface area contributed by atoms with Crippen LogP contribution in [-0.2, 0) is 11.3 Å². The number of pyridine rings is 1. The second kappa shape index (κ2) is 10.4. The molecule has 1 amide bonds. The predicted octanol–water partition coefficient (Wildman–Crippen LogP) is 3.55. The number of nitrogens with zero attached hydrogens (tertiary/aromatic N) is 1. The fourth-order valence-electron chi connectivity index (χ4n) is 3.09. The van der Waals surface area contributed by atoms with Crippen LogP contribution in [0.5, 0.6) is 11.5 Å². The molecule has 1 heterocycles. The number of benzene rings is 2. The lowest BCUT2D eigenvalue weighted by Crippen LogP contribution is -2.29. The average molecular weight is 458 g/mol. The molecule has 172 valence electrons. The van der Waals surface area contributed by atoms with Crippen LogP contribution in [0, 0.1) is 0 Å². The zero-order chi connectivity index (χ0) is 24.0. The smallest absolute Gasteiger partial charge is 0.387 e. The quantitative estimate of drug-likeness (QED) is 0.519. The van der Waals surface area contributed by atoms with Gasteiger partial charge in [-0.15, -0.1) is 0 Å². The lowest BCUT2D eigenvalue weighted by Gasteiger charge is -2.16. The normalized spacial score (nSPS) is 10.6. The minimum atomic E-state index is -3.18. The first-order valence-electron chi connectivity index (χ1n) is 9.64. The van der Waals surface area contributed by atoms with E-state index in [9.17, 15) is 23.2 Å². The van der Waals surface area contributed by atoms with Gasteiger partial charge >= 0.3 is 12.6 Å². The van der Waals surface area contributed by atoms with E-state index in [1.165, 1.54) is 30.0 Å². The van der Waals surface area contributed by atoms with Crippen molar-refractivity contribution in [2.24, 2.45) is 0 Å². The van der Waals surface area contributed by atoms with Crippen molar-refractivity contribution in [2.75, 3.05) is 19.5 Å². The summed E-state index contributed by atoms with van der Waals surface area (Å²) in [6, 6.07) is 14.1. The molecule has 1 N–H and O–H groups in total. The summed E-state index contributed by atoms with van der Waals surface area (Å²) in [6.07, 6.45) is 1.54. The summed E-state index contributed by atoms with van der Waals surface area (Å²) in [5.41, 5.74) is -0.299. The molecule has 0 bridgehead atoms. The first kappa shape index (κ1) is 23.5. The van der Waals surface area contributed by atoms with Crippen molar-refractivity contribution in [3.63, 3.8) is 0 Å². The van der Waals surface area contributed by atoms with E-state index in [2.05, 4.69) is 10.1 Å². The van der Waals surface area contributed by atoms with Crippen LogP contribution >= 0.6 is 0 Å². The first-order chi connectivity index (χ1) is 15.8. The number of methoxy groups -OCH3 is 2. The van der Waals surface area contributed by atoms with Gasteiger partial charge in [0.1, 0.15) is 5.56 Å². The van der Waals surface area contributed by atoms with E-state index in [1.807, 2.05) is 30.3 Å². The number of amides is 1. The van der Waals surface area contributed by atoms with Gasteiger partial charge in [0.05, 0.1) is 32.0 Å². The van der Waals surface area contributed by atoms with Crippen LogP contribution in [0.3, 0.4) is 0 Å². The van der Waals surface area contributed by atoms with Crippen molar-refractivity contribution in [3.05, 3.63) is 87.8 Å². The predicted molar refractivity (Wildman–Crippen MR) is 115 cm³/mol. The zero-order valence-electron chi connectivity index (χ0n) is 17.7. The molecule has 2 aromatic carbocycles. The molecule has 0 aliphatic rings. The minimum absolute atomic E-state index is 0.168. The molecule has 3 aromatic rings. The van der Waals surface area contributed by atoms with Crippen LogP contribution in [0.2, 0.25) is 0 Å². The molecule has 0 spiro atoms. The maximum absolute atomic E-state index is 12.9. The van der Waals surface area contributed by atoms with Gasteiger partial charge in [0.15, 0.2) is 11.5 Å². The van der Waals surface area contributed by atoms with E-state index >= 15 is 0 Å². The van der Waals surface area contributed by atoms with Crippen LogP contribution in [-0.4, -0.2) is 37.3 Å². The van der Waals surface area contributed by atoms with Gasteiger partial charge in [-0.2, -0.15) is 8.78 Å². The van der Waals surface area contributed by atoms with E-state index in [1.54, 1.807) is 0 Å². The Morgan fingerprint density at radius 2 is 1.73 bits per heavy atom. The third-order valence-corrected chi connectivity index (χ3v) is 4.63. The Bertz CT molecular complexity index is 1210. The second-order valence-corrected chi connectivity index (χ2v) is 6.71. The number of carbonyl (C=O) groups excluding carboxylic acids is 2. The highest BCUT2D eigenvalue weighted by atomic mass is 19.3. The highest BCUT2D eigenvalue weighted by Crippen LogP contribution is 2.35. The largest absolute Gasteiger partial charge is 0.493 e. The minimum Gasteiger partial charge on any atom is -0.493 e. The van der Waals surface area contributed by atoms with Crippen molar-refractivity contribution in [3.8, 4) is 11.5 Å². The van der Waals surface area contributed by atoms with Gasteiger partial charge in [0.25, 0.3) is 11.5 Å². The number of rotatable bonds is 8. The van der Waals surface area contributed by atoms with Crippen LogP contribution in [0.4, 0.5) is 14.5 Å². The van der Waals surface area contributed by atoms with E-state index in [-0.39, 0.29) is 29.1 Å². The zero-order valence-corrected chi connectivity index (χ0v) is 17.7. The van der Waals surface area contributed by atoms with E-state index in [0.29, 0.717) is 0 Å². The van der Waals surface area contributed by atoms with Crippen LogP contribution in [0.25, 0.3) is 0 Å². The van der Waals surface area contributed by atoms with Crippen LogP contribution in [0.15, 0.2) is 65.6 Å². The Hall–Kier alpha value is -4.21. The third-order valence-electron chi connectivity index (χ3n) is 4.63. The summed E-state index contributed by atoms with van der Waals surface area (Å²) < 4.78 is 41.0. The molecule has 0 atom stereocenters. The number of ether oxygens (including phenoxy) is 3. The summed E-state index contributed by atoms with van der Waals surface area (Å²) in [7, 11) is 2.32. The van der Waals surface area contributed by atoms with E-state index < -0.39 is 29.8 Å². The van der Waals surface area contributed by atoms with Gasteiger partial charge in [0.2, 0.25) is 0 Å². The summed E-state index contributed by atoms with van der Waals surface area (Å²) in [6.45, 7) is -2.94. The number of anilines is 1. The Morgan fingerprint density at radius 1 is 1.00 bits per heavy atom. The molecular formula is C23H20F2N2O6. The molecule has 8 nitrogen and oxygen atoms in total. The van der Waals surface area contributed by atoms with Gasteiger partial charge in [-0.3, -0.25) is 9.59 Å².